The van der Waals surface area contributed by atoms with Crippen molar-refractivity contribution in [2.75, 3.05) is 32.5 Å². The lowest BCUT2D eigenvalue weighted by molar-refractivity contribution is -0.125. The van der Waals surface area contributed by atoms with Crippen LogP contribution in [-0.2, 0) is 9.53 Å². The highest BCUT2D eigenvalue weighted by Crippen LogP contribution is 2.29. The Bertz CT molecular complexity index is 1460. The van der Waals surface area contributed by atoms with Crippen LogP contribution in [-0.4, -0.2) is 51.7 Å². The number of aromatic nitrogens is 3. The van der Waals surface area contributed by atoms with Crippen molar-refractivity contribution in [1.82, 2.24) is 19.0 Å². The molecule has 9 nitrogen and oxygen atoms in total. The van der Waals surface area contributed by atoms with E-state index in [0.717, 1.165) is 5.75 Å². The van der Waals surface area contributed by atoms with E-state index in [4.69, 9.17) is 15.2 Å². The maximum Gasteiger partial charge on any atom is 0.334 e. The van der Waals surface area contributed by atoms with Gasteiger partial charge in [0.05, 0.1) is 23.9 Å². The summed E-state index contributed by atoms with van der Waals surface area (Å²) >= 11 is 0. The van der Waals surface area contributed by atoms with E-state index in [1.54, 1.807) is 39.5 Å². The molecular weight excluding hydrogens is 458 g/mol. The number of rotatable bonds is 7. The van der Waals surface area contributed by atoms with E-state index < -0.39 is 0 Å². The fourth-order valence-electron chi connectivity index (χ4n) is 4.57. The van der Waals surface area contributed by atoms with Crippen LogP contribution in [0.1, 0.15) is 12.5 Å². The molecule has 3 heterocycles. The molecular formula is C27H27N5O4. The molecule has 1 atom stereocenters. The molecule has 0 spiro atoms. The molecule has 36 heavy (non-hydrogen) atoms. The standard InChI is InChI=1S/C27H27N5O4/c1-35-17-5-8-24(33)30-16-14-20(18-30)31-23-13-15-29-26(28)25(23)32(27(31)34)19-9-11-22(12-10-19)36-21-6-3-2-4-7-21/h2-13,15,20H,14,16-18H2,1H3,(H2,28,29)/b8-5+/t20-/m1/s1. The number of hydrogen-bond acceptors (Lipinski definition) is 6. The van der Waals surface area contributed by atoms with Crippen molar-refractivity contribution in [3.8, 4) is 17.2 Å². The summed E-state index contributed by atoms with van der Waals surface area (Å²) in [4.78, 5) is 32.3. The molecule has 4 aromatic rings. The van der Waals surface area contributed by atoms with Crippen LogP contribution in [0, 0.1) is 0 Å². The Morgan fingerprint density at radius 3 is 2.61 bits per heavy atom. The zero-order valence-electron chi connectivity index (χ0n) is 19.9. The van der Waals surface area contributed by atoms with Gasteiger partial charge in [-0.25, -0.2) is 9.78 Å². The van der Waals surface area contributed by atoms with Gasteiger partial charge in [0.15, 0.2) is 0 Å². The summed E-state index contributed by atoms with van der Waals surface area (Å²) in [7, 11) is 1.58. The van der Waals surface area contributed by atoms with Crippen LogP contribution in [0.5, 0.6) is 11.5 Å². The minimum absolute atomic E-state index is 0.0958. The number of fused-ring (bicyclic) bond motifs is 1. The maximum atomic E-state index is 13.8. The smallest absolute Gasteiger partial charge is 0.334 e. The predicted molar refractivity (Wildman–Crippen MR) is 138 cm³/mol. The van der Waals surface area contributed by atoms with Crippen molar-refractivity contribution >= 4 is 22.8 Å². The predicted octanol–water partition coefficient (Wildman–Crippen LogP) is 3.54. The largest absolute Gasteiger partial charge is 0.457 e. The normalized spacial score (nSPS) is 15.7. The van der Waals surface area contributed by atoms with Gasteiger partial charge in [-0.1, -0.05) is 24.3 Å². The highest BCUT2D eigenvalue weighted by atomic mass is 16.5. The van der Waals surface area contributed by atoms with Crippen LogP contribution in [0.2, 0.25) is 0 Å². The molecule has 0 bridgehead atoms. The summed E-state index contributed by atoms with van der Waals surface area (Å²) < 4.78 is 14.2. The Hall–Kier alpha value is -4.37. The van der Waals surface area contributed by atoms with Gasteiger partial charge in [-0.2, -0.15) is 0 Å². The second-order valence-electron chi connectivity index (χ2n) is 8.55. The van der Waals surface area contributed by atoms with Gasteiger partial charge in [-0.15, -0.1) is 0 Å². The van der Waals surface area contributed by atoms with E-state index in [9.17, 15) is 9.59 Å². The summed E-state index contributed by atoms with van der Waals surface area (Å²) in [5, 5.41) is 0. The zero-order chi connectivity index (χ0) is 25.1. The second kappa shape index (κ2) is 10.1. The number of nitrogens with two attached hydrogens (primary N) is 1. The number of imidazole rings is 1. The first-order chi connectivity index (χ1) is 17.6. The van der Waals surface area contributed by atoms with E-state index in [-0.39, 0.29) is 23.5 Å². The van der Waals surface area contributed by atoms with Crippen LogP contribution >= 0.6 is 0 Å². The molecule has 1 amide bonds. The molecule has 9 heteroatoms. The fourth-order valence-corrected chi connectivity index (χ4v) is 4.57. The molecule has 1 aliphatic heterocycles. The monoisotopic (exact) mass is 485 g/mol. The molecule has 1 aliphatic rings. The summed E-state index contributed by atoms with van der Waals surface area (Å²) in [6.07, 6.45) is 5.46. The van der Waals surface area contributed by atoms with Gasteiger partial charge in [-0.05, 0) is 48.9 Å². The van der Waals surface area contributed by atoms with Gasteiger partial charge in [0.1, 0.15) is 22.8 Å². The van der Waals surface area contributed by atoms with Crippen molar-refractivity contribution in [1.29, 1.82) is 0 Å². The van der Waals surface area contributed by atoms with Gasteiger partial charge in [0.25, 0.3) is 0 Å². The molecule has 0 saturated carbocycles. The quantitative estimate of drug-likeness (QED) is 0.402. The van der Waals surface area contributed by atoms with Gasteiger partial charge in [0.2, 0.25) is 5.91 Å². The number of amides is 1. The van der Waals surface area contributed by atoms with Gasteiger partial charge in [-0.3, -0.25) is 13.9 Å². The third-order valence-corrected chi connectivity index (χ3v) is 6.25. The first kappa shape index (κ1) is 23.4. The van der Waals surface area contributed by atoms with Crippen LogP contribution in [0.4, 0.5) is 5.82 Å². The number of pyridine rings is 1. The molecule has 1 saturated heterocycles. The minimum atomic E-state index is -0.226. The second-order valence-corrected chi connectivity index (χ2v) is 8.55. The third-order valence-electron chi connectivity index (χ3n) is 6.25. The maximum absolute atomic E-state index is 13.8. The SMILES string of the molecule is COC/C=C/C(=O)N1CC[C@@H](n2c(=O)n(-c3ccc(Oc4ccccc4)cc3)c3c(N)nccc32)C1. The van der Waals surface area contributed by atoms with Gasteiger partial charge in [0, 0.05) is 32.5 Å². The Labute approximate surface area is 208 Å². The average Bonchev–Trinajstić information content (AvgIpc) is 3.48. The minimum Gasteiger partial charge on any atom is -0.457 e. The topological polar surface area (TPSA) is 105 Å². The number of ether oxygens (including phenoxy) is 2. The number of nitrogen functional groups attached to an aromatic ring is 1. The molecule has 0 radical (unpaired) electrons. The van der Waals surface area contributed by atoms with Crippen molar-refractivity contribution < 1.29 is 14.3 Å². The Balaban J connectivity index is 1.48. The summed E-state index contributed by atoms with van der Waals surface area (Å²) in [5.74, 6) is 1.55. The highest BCUT2D eigenvalue weighted by molar-refractivity contribution is 5.88. The lowest BCUT2D eigenvalue weighted by Gasteiger charge is -2.15. The molecule has 2 aromatic heterocycles. The summed E-state index contributed by atoms with van der Waals surface area (Å²) in [5.41, 5.74) is 7.91. The number of anilines is 1. The van der Waals surface area contributed by atoms with Crippen molar-refractivity contribution in [3.63, 3.8) is 0 Å². The van der Waals surface area contributed by atoms with E-state index >= 15 is 0 Å². The van der Waals surface area contributed by atoms with E-state index in [0.29, 0.717) is 48.6 Å². The number of benzene rings is 2. The molecule has 5 rings (SSSR count). The van der Waals surface area contributed by atoms with E-state index in [2.05, 4.69) is 4.98 Å². The summed E-state index contributed by atoms with van der Waals surface area (Å²) in [6.45, 7) is 1.37. The first-order valence-electron chi connectivity index (χ1n) is 11.7. The number of carbonyl (C=O) groups excluding carboxylic acids is 1. The van der Waals surface area contributed by atoms with Crippen LogP contribution in [0.15, 0.2) is 83.8 Å². The summed E-state index contributed by atoms with van der Waals surface area (Å²) in [6, 6.07) is 18.4. The Morgan fingerprint density at radius 1 is 1.11 bits per heavy atom. The zero-order valence-corrected chi connectivity index (χ0v) is 19.9. The fraction of sp³-hybridized carbons (Fsp3) is 0.222. The Morgan fingerprint density at radius 2 is 1.86 bits per heavy atom. The van der Waals surface area contributed by atoms with Crippen molar-refractivity contribution in [3.05, 3.63) is 89.5 Å². The number of hydrogen-bond donors (Lipinski definition) is 1. The molecule has 2 aromatic carbocycles. The molecule has 1 fully saturated rings. The Kier molecular flexibility index (Phi) is 6.55. The lowest BCUT2D eigenvalue weighted by atomic mass is 10.2. The third kappa shape index (κ3) is 4.48. The number of nitrogens with zero attached hydrogens (tertiary/aromatic N) is 4. The van der Waals surface area contributed by atoms with Gasteiger partial charge >= 0.3 is 5.69 Å². The van der Waals surface area contributed by atoms with Crippen LogP contribution in [0.25, 0.3) is 16.7 Å². The molecule has 0 unspecified atom stereocenters. The van der Waals surface area contributed by atoms with Gasteiger partial charge < -0.3 is 20.1 Å². The van der Waals surface area contributed by atoms with E-state index in [1.165, 1.54) is 6.08 Å². The molecule has 184 valence electrons. The number of para-hydroxylation sites is 1. The average molecular weight is 486 g/mol. The van der Waals surface area contributed by atoms with Crippen LogP contribution < -0.4 is 16.2 Å². The highest BCUT2D eigenvalue weighted by Gasteiger charge is 2.30. The number of carbonyl (C=O) groups is 1. The number of methoxy groups -OCH3 is 1. The van der Waals surface area contributed by atoms with Crippen molar-refractivity contribution in [2.45, 2.75) is 12.5 Å². The number of likely N-dealkylation sites (tertiary alicyclic amines) is 1. The molecule has 2 N–H and O–H groups in total. The molecule has 0 aliphatic carbocycles. The van der Waals surface area contributed by atoms with E-state index in [1.807, 2.05) is 54.6 Å². The first-order valence-corrected chi connectivity index (χ1v) is 11.7. The lowest BCUT2D eigenvalue weighted by Crippen LogP contribution is -2.31. The van der Waals surface area contributed by atoms with Crippen LogP contribution in [0.3, 0.4) is 0 Å². The van der Waals surface area contributed by atoms with Crippen molar-refractivity contribution in [2.24, 2.45) is 0 Å².